The molecule has 0 bridgehead atoms. The summed E-state index contributed by atoms with van der Waals surface area (Å²) < 4.78 is 0. The summed E-state index contributed by atoms with van der Waals surface area (Å²) in [6.07, 6.45) is 0.764. The number of halogens is 1. The van der Waals surface area contributed by atoms with E-state index < -0.39 is 0 Å². The molecule has 0 fully saturated rings. The number of amides is 1. The lowest BCUT2D eigenvalue weighted by Gasteiger charge is -2.18. The highest BCUT2D eigenvalue weighted by molar-refractivity contribution is 6.29. The van der Waals surface area contributed by atoms with Crippen LogP contribution in [0.3, 0.4) is 0 Å². The minimum Gasteiger partial charge on any atom is -0.352 e. The molecule has 0 saturated heterocycles. The van der Waals surface area contributed by atoms with Crippen LogP contribution in [0.5, 0.6) is 0 Å². The van der Waals surface area contributed by atoms with Gasteiger partial charge in [-0.25, -0.2) is 4.98 Å². The normalized spacial score (nSPS) is 11.4. The highest BCUT2D eigenvalue weighted by Gasteiger charge is 2.14. The maximum absolute atomic E-state index is 11.9. The van der Waals surface area contributed by atoms with Gasteiger partial charge in [0.15, 0.2) is 0 Å². The molecule has 1 amide bonds. The first-order chi connectivity index (χ1) is 7.81. The van der Waals surface area contributed by atoms with Crippen molar-refractivity contribution in [3.63, 3.8) is 0 Å². The number of hydrogen-bond donors (Lipinski definition) is 1. The fourth-order valence-corrected chi connectivity index (χ4v) is 1.54. The topological polar surface area (TPSA) is 42.0 Å². The summed E-state index contributed by atoms with van der Waals surface area (Å²) in [4.78, 5) is 16.0. The van der Waals surface area contributed by atoms with Crippen LogP contribution in [0, 0.1) is 5.41 Å². The molecule has 1 heterocycles. The number of carbonyl (C=O) groups is 1. The standard InChI is InChI=1S/C13H19ClN2O/c1-5-10-6-9(7-11(14)16-10)12(17)15-8-13(2,3)4/h6-7H,5,8H2,1-4H3,(H,15,17). The summed E-state index contributed by atoms with van der Waals surface area (Å²) in [5, 5.41) is 3.26. The molecule has 0 aliphatic rings. The van der Waals surface area contributed by atoms with Gasteiger partial charge in [0.05, 0.1) is 0 Å². The Kier molecular flexibility index (Phi) is 4.52. The number of nitrogens with one attached hydrogen (secondary N) is 1. The first-order valence-corrected chi connectivity index (χ1v) is 6.14. The maximum atomic E-state index is 11.9. The van der Waals surface area contributed by atoms with Crippen molar-refractivity contribution in [2.24, 2.45) is 5.41 Å². The molecule has 1 N–H and O–H groups in total. The average molecular weight is 255 g/mol. The van der Waals surface area contributed by atoms with E-state index in [9.17, 15) is 4.79 Å². The Hall–Kier alpha value is -1.09. The van der Waals surface area contributed by atoms with Crippen molar-refractivity contribution in [2.45, 2.75) is 34.1 Å². The first-order valence-electron chi connectivity index (χ1n) is 5.76. The number of aryl methyl sites for hydroxylation is 1. The van der Waals surface area contributed by atoms with E-state index in [-0.39, 0.29) is 11.3 Å². The van der Waals surface area contributed by atoms with Gasteiger partial charge in [-0.3, -0.25) is 4.79 Å². The molecule has 0 saturated carbocycles. The van der Waals surface area contributed by atoms with E-state index in [1.54, 1.807) is 12.1 Å². The van der Waals surface area contributed by atoms with Crippen LogP contribution in [-0.2, 0) is 6.42 Å². The van der Waals surface area contributed by atoms with Crippen molar-refractivity contribution >= 4 is 17.5 Å². The molecule has 0 radical (unpaired) electrons. The van der Waals surface area contributed by atoms with Gasteiger partial charge in [0.2, 0.25) is 0 Å². The highest BCUT2D eigenvalue weighted by atomic mass is 35.5. The Labute approximate surface area is 108 Å². The number of rotatable bonds is 3. The summed E-state index contributed by atoms with van der Waals surface area (Å²) in [5.41, 5.74) is 1.48. The van der Waals surface area contributed by atoms with E-state index >= 15 is 0 Å². The minimum atomic E-state index is -0.0982. The van der Waals surface area contributed by atoms with Gasteiger partial charge in [-0.2, -0.15) is 0 Å². The summed E-state index contributed by atoms with van der Waals surface area (Å²) in [6.45, 7) is 8.83. The van der Waals surface area contributed by atoms with E-state index in [2.05, 4.69) is 31.1 Å². The summed E-state index contributed by atoms with van der Waals surface area (Å²) in [6, 6.07) is 3.38. The molecule has 1 rings (SSSR count). The van der Waals surface area contributed by atoms with E-state index in [0.717, 1.165) is 12.1 Å². The third kappa shape index (κ3) is 4.73. The molecule has 0 spiro atoms. The molecular weight excluding hydrogens is 236 g/mol. The predicted molar refractivity (Wildman–Crippen MR) is 70.4 cm³/mol. The summed E-state index contributed by atoms with van der Waals surface area (Å²) in [5.74, 6) is -0.0982. The van der Waals surface area contributed by atoms with Gasteiger partial charge < -0.3 is 5.32 Å². The zero-order chi connectivity index (χ0) is 13.1. The molecule has 0 unspecified atom stereocenters. The minimum absolute atomic E-state index is 0.0695. The van der Waals surface area contributed by atoms with Crippen LogP contribution in [0.4, 0.5) is 0 Å². The van der Waals surface area contributed by atoms with Gasteiger partial charge in [0.25, 0.3) is 5.91 Å². The third-order valence-corrected chi connectivity index (χ3v) is 2.44. The van der Waals surface area contributed by atoms with Gasteiger partial charge in [0, 0.05) is 17.8 Å². The fraction of sp³-hybridized carbons (Fsp3) is 0.538. The second-order valence-electron chi connectivity index (χ2n) is 5.27. The predicted octanol–water partition coefficient (Wildman–Crippen LogP) is 3.07. The Morgan fingerprint density at radius 1 is 1.41 bits per heavy atom. The van der Waals surface area contributed by atoms with Crippen molar-refractivity contribution in [3.05, 3.63) is 28.5 Å². The van der Waals surface area contributed by atoms with Crippen molar-refractivity contribution in [1.82, 2.24) is 10.3 Å². The second-order valence-corrected chi connectivity index (χ2v) is 5.65. The molecule has 0 aliphatic carbocycles. The van der Waals surface area contributed by atoms with Crippen LogP contribution >= 0.6 is 11.6 Å². The molecule has 0 aromatic carbocycles. The fourth-order valence-electron chi connectivity index (χ4n) is 1.31. The van der Waals surface area contributed by atoms with Gasteiger partial charge in [-0.15, -0.1) is 0 Å². The number of carbonyl (C=O) groups excluding carboxylic acids is 1. The van der Waals surface area contributed by atoms with Crippen LogP contribution in [0.2, 0.25) is 5.15 Å². The zero-order valence-corrected chi connectivity index (χ0v) is 11.6. The third-order valence-electron chi connectivity index (χ3n) is 2.25. The van der Waals surface area contributed by atoms with Gasteiger partial charge >= 0.3 is 0 Å². The van der Waals surface area contributed by atoms with Crippen LogP contribution in [0.15, 0.2) is 12.1 Å². The first kappa shape index (κ1) is 14.0. The van der Waals surface area contributed by atoms with Crippen molar-refractivity contribution in [1.29, 1.82) is 0 Å². The number of aromatic nitrogens is 1. The van der Waals surface area contributed by atoms with Gasteiger partial charge in [0.1, 0.15) is 5.15 Å². The van der Waals surface area contributed by atoms with E-state index in [4.69, 9.17) is 11.6 Å². The average Bonchev–Trinajstić information content (AvgIpc) is 2.23. The number of pyridine rings is 1. The Bertz CT molecular complexity index is 410. The molecule has 3 nitrogen and oxygen atoms in total. The Morgan fingerprint density at radius 2 is 2.06 bits per heavy atom. The summed E-state index contributed by atoms with van der Waals surface area (Å²) in [7, 11) is 0. The smallest absolute Gasteiger partial charge is 0.251 e. The van der Waals surface area contributed by atoms with Crippen LogP contribution in [-0.4, -0.2) is 17.4 Å². The molecule has 1 aromatic heterocycles. The molecule has 94 valence electrons. The number of nitrogens with zero attached hydrogens (tertiary/aromatic N) is 1. The van der Waals surface area contributed by atoms with Crippen LogP contribution in [0.1, 0.15) is 43.7 Å². The Balaban J connectivity index is 2.78. The van der Waals surface area contributed by atoms with Gasteiger partial charge in [-0.1, -0.05) is 39.3 Å². The second kappa shape index (κ2) is 5.50. The SMILES string of the molecule is CCc1cc(C(=O)NCC(C)(C)C)cc(Cl)n1. The van der Waals surface area contributed by atoms with Crippen molar-refractivity contribution in [3.8, 4) is 0 Å². The number of hydrogen-bond acceptors (Lipinski definition) is 2. The molecule has 1 aromatic rings. The van der Waals surface area contributed by atoms with Gasteiger partial charge in [-0.05, 0) is 24.0 Å². The van der Waals surface area contributed by atoms with E-state index in [1.807, 2.05) is 6.92 Å². The molecular formula is C13H19ClN2O. The molecule has 4 heteroatoms. The lowest BCUT2D eigenvalue weighted by molar-refractivity contribution is 0.0939. The van der Waals surface area contributed by atoms with E-state index in [0.29, 0.717) is 17.3 Å². The quantitative estimate of drug-likeness (QED) is 0.843. The molecule has 0 atom stereocenters. The largest absolute Gasteiger partial charge is 0.352 e. The van der Waals surface area contributed by atoms with E-state index in [1.165, 1.54) is 0 Å². The monoisotopic (exact) mass is 254 g/mol. The molecule has 0 aliphatic heterocycles. The highest BCUT2D eigenvalue weighted by Crippen LogP contribution is 2.13. The Morgan fingerprint density at radius 3 is 2.59 bits per heavy atom. The lowest BCUT2D eigenvalue weighted by Crippen LogP contribution is -2.32. The maximum Gasteiger partial charge on any atom is 0.251 e. The van der Waals surface area contributed by atoms with Crippen molar-refractivity contribution in [2.75, 3.05) is 6.54 Å². The lowest BCUT2D eigenvalue weighted by atomic mass is 9.97. The van der Waals surface area contributed by atoms with Crippen LogP contribution < -0.4 is 5.32 Å². The molecule has 17 heavy (non-hydrogen) atoms. The van der Waals surface area contributed by atoms with Crippen molar-refractivity contribution < 1.29 is 4.79 Å². The van der Waals surface area contributed by atoms with Crippen LogP contribution in [0.25, 0.3) is 0 Å². The zero-order valence-electron chi connectivity index (χ0n) is 10.8. The summed E-state index contributed by atoms with van der Waals surface area (Å²) >= 11 is 5.87.